The van der Waals surface area contributed by atoms with Gasteiger partial charge in [0, 0.05) is 13.1 Å². The third-order valence-electron chi connectivity index (χ3n) is 6.14. The predicted molar refractivity (Wildman–Crippen MR) is 156 cm³/mol. The van der Waals surface area contributed by atoms with Gasteiger partial charge in [-0.15, -0.1) is 0 Å². The Bertz CT molecular complexity index is 1420. The number of benzene rings is 3. The molecule has 40 heavy (non-hydrogen) atoms. The van der Waals surface area contributed by atoms with Crippen molar-refractivity contribution in [3.8, 4) is 0 Å². The van der Waals surface area contributed by atoms with Gasteiger partial charge in [-0.1, -0.05) is 74.3 Å². The second-order valence-electron chi connectivity index (χ2n) is 9.63. The van der Waals surface area contributed by atoms with Crippen molar-refractivity contribution >= 4 is 50.7 Å². The standard InChI is InChI=1S/C29H32Cl2FN3O4S/c1-4-27(29(37)33-17-20(2)3)34(18-21-10-12-22(32)13-11-21)28(36)19-35(23-14-15-25(30)26(31)16-23)40(38,39)24-8-6-5-7-9-24/h5-16,20,27H,4,17-19H2,1-3H3,(H,33,37). The highest BCUT2D eigenvalue weighted by Crippen LogP contribution is 2.31. The Morgan fingerprint density at radius 1 is 0.950 bits per heavy atom. The van der Waals surface area contributed by atoms with E-state index in [0.717, 1.165) is 4.31 Å². The zero-order chi connectivity index (χ0) is 29.4. The second-order valence-corrected chi connectivity index (χ2v) is 12.3. The Balaban J connectivity index is 2.05. The van der Waals surface area contributed by atoms with Crippen LogP contribution < -0.4 is 9.62 Å². The average Bonchev–Trinajstić information content (AvgIpc) is 2.93. The summed E-state index contributed by atoms with van der Waals surface area (Å²) >= 11 is 12.3. The van der Waals surface area contributed by atoms with E-state index in [1.165, 1.54) is 59.5 Å². The minimum absolute atomic E-state index is 0.0272. The van der Waals surface area contributed by atoms with Gasteiger partial charge < -0.3 is 10.2 Å². The predicted octanol–water partition coefficient (Wildman–Crippen LogP) is 5.91. The van der Waals surface area contributed by atoms with Crippen LogP contribution in [-0.2, 0) is 26.2 Å². The number of amides is 2. The van der Waals surface area contributed by atoms with Crippen LogP contribution in [0.3, 0.4) is 0 Å². The number of hydrogen-bond donors (Lipinski definition) is 1. The smallest absolute Gasteiger partial charge is 0.264 e. The first-order valence-corrected chi connectivity index (χ1v) is 15.0. The molecule has 0 spiro atoms. The van der Waals surface area contributed by atoms with Crippen LogP contribution in [0, 0.1) is 11.7 Å². The molecule has 0 saturated heterocycles. The van der Waals surface area contributed by atoms with Crippen molar-refractivity contribution in [2.24, 2.45) is 5.92 Å². The summed E-state index contributed by atoms with van der Waals surface area (Å²) in [7, 11) is -4.23. The lowest BCUT2D eigenvalue weighted by Gasteiger charge is -2.33. The maximum Gasteiger partial charge on any atom is 0.264 e. The number of carbonyl (C=O) groups is 2. The lowest BCUT2D eigenvalue weighted by Crippen LogP contribution is -2.52. The third kappa shape index (κ3) is 7.96. The Labute approximate surface area is 244 Å². The molecular formula is C29H32Cl2FN3O4S. The molecule has 0 aliphatic heterocycles. The van der Waals surface area contributed by atoms with Gasteiger partial charge in [0.2, 0.25) is 11.8 Å². The van der Waals surface area contributed by atoms with Crippen molar-refractivity contribution < 1.29 is 22.4 Å². The fourth-order valence-electron chi connectivity index (χ4n) is 4.02. The van der Waals surface area contributed by atoms with Crippen LogP contribution in [0.15, 0.2) is 77.7 Å². The van der Waals surface area contributed by atoms with Crippen molar-refractivity contribution in [3.05, 3.63) is 94.2 Å². The maximum atomic E-state index is 14.0. The van der Waals surface area contributed by atoms with Gasteiger partial charge >= 0.3 is 0 Å². The van der Waals surface area contributed by atoms with E-state index < -0.39 is 34.3 Å². The highest BCUT2D eigenvalue weighted by molar-refractivity contribution is 7.92. The first-order chi connectivity index (χ1) is 18.9. The van der Waals surface area contributed by atoms with Crippen LogP contribution in [0.5, 0.6) is 0 Å². The molecule has 0 aromatic heterocycles. The third-order valence-corrected chi connectivity index (χ3v) is 8.66. The van der Waals surface area contributed by atoms with Crippen molar-refractivity contribution in [2.75, 3.05) is 17.4 Å². The van der Waals surface area contributed by atoms with Gasteiger partial charge in [0.15, 0.2) is 0 Å². The van der Waals surface area contributed by atoms with E-state index in [4.69, 9.17) is 23.2 Å². The molecule has 0 bridgehead atoms. The monoisotopic (exact) mass is 607 g/mol. The number of carbonyl (C=O) groups excluding carboxylic acids is 2. The molecule has 0 aliphatic carbocycles. The quantitative estimate of drug-likeness (QED) is 0.277. The minimum Gasteiger partial charge on any atom is -0.354 e. The van der Waals surface area contributed by atoms with E-state index in [0.29, 0.717) is 12.1 Å². The summed E-state index contributed by atoms with van der Waals surface area (Å²) in [6.45, 7) is 5.42. The molecule has 1 N–H and O–H groups in total. The highest BCUT2D eigenvalue weighted by Gasteiger charge is 2.33. The zero-order valence-corrected chi connectivity index (χ0v) is 24.8. The fraction of sp³-hybridized carbons (Fsp3) is 0.310. The molecule has 3 rings (SSSR count). The number of anilines is 1. The molecule has 0 radical (unpaired) electrons. The number of sulfonamides is 1. The Hall–Kier alpha value is -3.14. The normalized spacial score (nSPS) is 12.2. The molecule has 2 amide bonds. The first kappa shape index (κ1) is 31.4. The van der Waals surface area contributed by atoms with Gasteiger partial charge in [-0.25, -0.2) is 12.8 Å². The number of rotatable bonds is 12. The number of hydrogen-bond acceptors (Lipinski definition) is 4. The highest BCUT2D eigenvalue weighted by atomic mass is 35.5. The van der Waals surface area contributed by atoms with Gasteiger partial charge in [-0.3, -0.25) is 13.9 Å². The van der Waals surface area contributed by atoms with Crippen molar-refractivity contribution in [1.82, 2.24) is 10.2 Å². The van der Waals surface area contributed by atoms with Gasteiger partial charge in [0.05, 0.1) is 20.6 Å². The summed E-state index contributed by atoms with van der Waals surface area (Å²) in [5.41, 5.74) is 0.711. The fourth-order valence-corrected chi connectivity index (χ4v) is 5.74. The minimum atomic E-state index is -4.23. The lowest BCUT2D eigenvalue weighted by atomic mass is 10.1. The Morgan fingerprint density at radius 3 is 2.17 bits per heavy atom. The van der Waals surface area contributed by atoms with Gasteiger partial charge in [-0.05, 0) is 60.4 Å². The van der Waals surface area contributed by atoms with Crippen molar-refractivity contribution in [1.29, 1.82) is 0 Å². The average molecular weight is 609 g/mol. The van der Waals surface area contributed by atoms with Crippen molar-refractivity contribution in [3.63, 3.8) is 0 Å². The molecule has 7 nitrogen and oxygen atoms in total. The van der Waals surface area contributed by atoms with Crippen molar-refractivity contribution in [2.45, 2.75) is 44.7 Å². The molecule has 0 aliphatic rings. The molecule has 3 aromatic carbocycles. The van der Waals surface area contributed by atoms with Gasteiger partial charge in [0.1, 0.15) is 18.4 Å². The van der Waals surface area contributed by atoms with Crippen LogP contribution in [0.2, 0.25) is 10.0 Å². The largest absolute Gasteiger partial charge is 0.354 e. The van der Waals surface area contributed by atoms with Gasteiger partial charge in [0.25, 0.3) is 10.0 Å². The summed E-state index contributed by atoms with van der Waals surface area (Å²) in [5, 5.41) is 3.20. The summed E-state index contributed by atoms with van der Waals surface area (Å²) in [5.74, 6) is -1.24. The van der Waals surface area contributed by atoms with E-state index in [1.807, 2.05) is 13.8 Å². The van der Waals surface area contributed by atoms with Crippen LogP contribution in [0.25, 0.3) is 0 Å². The molecule has 1 atom stereocenters. The van der Waals surface area contributed by atoms with E-state index in [2.05, 4.69) is 5.32 Å². The zero-order valence-electron chi connectivity index (χ0n) is 22.5. The second kappa shape index (κ2) is 14.0. The Kier molecular flexibility index (Phi) is 11.0. The van der Waals surface area contributed by atoms with E-state index >= 15 is 0 Å². The molecular weight excluding hydrogens is 576 g/mol. The Morgan fingerprint density at radius 2 is 1.60 bits per heavy atom. The molecule has 3 aromatic rings. The van der Waals surface area contributed by atoms with Crippen LogP contribution >= 0.6 is 23.2 Å². The summed E-state index contributed by atoms with van der Waals surface area (Å²) in [6.07, 6.45) is 0.273. The molecule has 11 heteroatoms. The van der Waals surface area contributed by atoms with Crippen LogP contribution in [0.4, 0.5) is 10.1 Å². The summed E-state index contributed by atoms with van der Waals surface area (Å²) in [6, 6.07) is 16.6. The first-order valence-electron chi connectivity index (χ1n) is 12.8. The summed E-state index contributed by atoms with van der Waals surface area (Å²) in [4.78, 5) is 28.5. The molecule has 1 unspecified atom stereocenters. The number of nitrogens with one attached hydrogen (secondary N) is 1. The van der Waals surface area contributed by atoms with E-state index in [-0.39, 0.29) is 45.4 Å². The SMILES string of the molecule is CCC(C(=O)NCC(C)C)N(Cc1ccc(F)cc1)C(=O)CN(c1ccc(Cl)c(Cl)c1)S(=O)(=O)c1ccccc1. The molecule has 214 valence electrons. The maximum absolute atomic E-state index is 14.0. The summed E-state index contributed by atoms with van der Waals surface area (Å²) < 4.78 is 42.1. The van der Waals surface area contributed by atoms with E-state index in [9.17, 15) is 22.4 Å². The van der Waals surface area contributed by atoms with Gasteiger partial charge in [-0.2, -0.15) is 0 Å². The topological polar surface area (TPSA) is 86.8 Å². The van der Waals surface area contributed by atoms with Crippen LogP contribution in [0.1, 0.15) is 32.8 Å². The lowest BCUT2D eigenvalue weighted by molar-refractivity contribution is -0.140. The number of halogens is 3. The number of nitrogens with zero attached hydrogens (tertiary/aromatic N) is 2. The van der Waals surface area contributed by atoms with Crippen LogP contribution in [-0.4, -0.2) is 44.3 Å². The molecule has 0 saturated carbocycles. The van der Waals surface area contributed by atoms with E-state index in [1.54, 1.807) is 25.1 Å². The molecule has 0 heterocycles. The molecule has 0 fully saturated rings.